The first-order valence-corrected chi connectivity index (χ1v) is 3.01. The Morgan fingerprint density at radius 2 is 2.25 bits per heavy atom. The van der Waals surface area contributed by atoms with Gasteiger partial charge in [-0.2, -0.15) is 0 Å². The van der Waals surface area contributed by atoms with E-state index in [1.807, 2.05) is 5.32 Å². The molecule has 0 fully saturated rings. The number of carbonyl (C=O) groups excluding carboxylic acids is 2. The van der Waals surface area contributed by atoms with Crippen molar-refractivity contribution in [3.05, 3.63) is 12.0 Å². The van der Waals surface area contributed by atoms with E-state index in [1.54, 1.807) is 0 Å². The molecule has 6 N–H and O–H groups in total. The van der Waals surface area contributed by atoms with Gasteiger partial charge in [0.05, 0.1) is 6.33 Å². The van der Waals surface area contributed by atoms with Gasteiger partial charge in [-0.15, -0.1) is 0 Å². The van der Waals surface area contributed by atoms with Crippen LogP contribution in [0.5, 0.6) is 0 Å². The minimum absolute atomic E-state index is 0.0220. The minimum atomic E-state index is -0.936. The van der Waals surface area contributed by atoms with Gasteiger partial charge in [-0.05, 0) is 0 Å². The third-order valence-corrected chi connectivity index (χ3v) is 1.13. The Morgan fingerprint density at radius 3 is 2.67 bits per heavy atom. The third kappa shape index (κ3) is 1.51. The average molecular weight is 169 g/mol. The fourth-order valence-corrected chi connectivity index (χ4v) is 0.661. The first kappa shape index (κ1) is 8.05. The zero-order valence-corrected chi connectivity index (χ0v) is 6.00. The number of nitrogens with two attached hydrogens (primary N) is 2. The van der Waals surface area contributed by atoms with Gasteiger partial charge in [-0.3, -0.25) is 10.1 Å². The summed E-state index contributed by atoms with van der Waals surface area (Å²) < 4.78 is 0. The lowest BCUT2D eigenvalue weighted by molar-refractivity contribution is 0.0963. The van der Waals surface area contributed by atoms with Crippen LogP contribution in [-0.2, 0) is 0 Å². The number of aromatic amines is 1. The Kier molecular flexibility index (Phi) is 1.95. The van der Waals surface area contributed by atoms with E-state index >= 15 is 0 Å². The molecule has 0 atom stereocenters. The molecule has 7 nitrogen and oxygen atoms in total. The highest BCUT2D eigenvalue weighted by atomic mass is 16.2. The Bertz CT molecular complexity index is 317. The molecule has 0 aliphatic carbocycles. The molecular formula is C5H7N5O2. The number of nitrogens with one attached hydrogen (secondary N) is 2. The number of urea groups is 1. The van der Waals surface area contributed by atoms with Crippen LogP contribution in [-0.4, -0.2) is 21.9 Å². The molecule has 0 aromatic carbocycles. The van der Waals surface area contributed by atoms with E-state index < -0.39 is 11.9 Å². The van der Waals surface area contributed by atoms with Crippen molar-refractivity contribution in [3.8, 4) is 0 Å². The number of hydrogen-bond acceptors (Lipinski definition) is 4. The molecule has 0 unspecified atom stereocenters. The van der Waals surface area contributed by atoms with E-state index in [2.05, 4.69) is 9.97 Å². The van der Waals surface area contributed by atoms with E-state index in [0.29, 0.717) is 0 Å². The second-order valence-corrected chi connectivity index (χ2v) is 1.98. The lowest BCUT2D eigenvalue weighted by Gasteiger charge is -1.97. The predicted octanol–water partition coefficient (Wildman–Crippen LogP) is -1.20. The van der Waals surface area contributed by atoms with Gasteiger partial charge in [0.2, 0.25) is 0 Å². The Hall–Kier alpha value is -2.05. The molecule has 3 amide bonds. The molecule has 0 spiro atoms. The van der Waals surface area contributed by atoms with E-state index in [9.17, 15) is 9.59 Å². The maximum atomic E-state index is 11.0. The highest BCUT2D eigenvalue weighted by molar-refractivity contribution is 6.05. The summed E-state index contributed by atoms with van der Waals surface area (Å²) in [5, 5.41) is 1.83. The van der Waals surface area contributed by atoms with Crippen LogP contribution in [0.25, 0.3) is 0 Å². The Morgan fingerprint density at radius 1 is 1.58 bits per heavy atom. The monoisotopic (exact) mass is 169 g/mol. The summed E-state index contributed by atoms with van der Waals surface area (Å²) in [6.07, 6.45) is 1.24. The second-order valence-electron chi connectivity index (χ2n) is 1.98. The van der Waals surface area contributed by atoms with Crippen molar-refractivity contribution in [3.63, 3.8) is 0 Å². The van der Waals surface area contributed by atoms with Crippen molar-refractivity contribution < 1.29 is 9.59 Å². The molecular weight excluding hydrogens is 162 g/mol. The van der Waals surface area contributed by atoms with Crippen LogP contribution in [0, 0.1) is 0 Å². The van der Waals surface area contributed by atoms with Crippen molar-refractivity contribution >= 4 is 17.8 Å². The maximum Gasteiger partial charge on any atom is 0.319 e. The van der Waals surface area contributed by atoms with Gasteiger partial charge >= 0.3 is 6.03 Å². The zero-order valence-electron chi connectivity index (χ0n) is 6.00. The van der Waals surface area contributed by atoms with Crippen LogP contribution < -0.4 is 16.8 Å². The van der Waals surface area contributed by atoms with Crippen molar-refractivity contribution in [2.75, 3.05) is 5.73 Å². The summed E-state index contributed by atoms with van der Waals surface area (Å²) in [5.41, 5.74) is 9.99. The zero-order chi connectivity index (χ0) is 9.14. The van der Waals surface area contributed by atoms with Crippen LogP contribution in [0.2, 0.25) is 0 Å². The van der Waals surface area contributed by atoms with Crippen molar-refractivity contribution in [2.24, 2.45) is 5.73 Å². The molecule has 1 aromatic rings. The molecule has 1 rings (SSSR count). The van der Waals surface area contributed by atoms with Crippen LogP contribution in [0.4, 0.5) is 10.6 Å². The first-order chi connectivity index (χ1) is 5.61. The molecule has 64 valence electrons. The Balaban J connectivity index is 2.78. The number of primary amides is 1. The topological polar surface area (TPSA) is 127 Å². The van der Waals surface area contributed by atoms with E-state index in [4.69, 9.17) is 11.5 Å². The number of amides is 3. The number of hydrogen-bond donors (Lipinski definition) is 4. The lowest BCUT2D eigenvalue weighted by atomic mass is 10.4. The van der Waals surface area contributed by atoms with Gasteiger partial charge in [0.15, 0.2) is 5.82 Å². The quantitative estimate of drug-likeness (QED) is 0.421. The molecule has 0 saturated carbocycles. The summed E-state index contributed by atoms with van der Waals surface area (Å²) in [7, 11) is 0. The van der Waals surface area contributed by atoms with Gasteiger partial charge in [0.25, 0.3) is 5.91 Å². The van der Waals surface area contributed by atoms with Gasteiger partial charge in [-0.25, -0.2) is 9.78 Å². The van der Waals surface area contributed by atoms with E-state index in [1.165, 1.54) is 6.33 Å². The Labute approximate surface area is 67.1 Å². The van der Waals surface area contributed by atoms with E-state index in [-0.39, 0.29) is 11.5 Å². The third-order valence-electron chi connectivity index (χ3n) is 1.13. The molecule has 0 bridgehead atoms. The average Bonchev–Trinajstić information content (AvgIpc) is 2.33. The molecule has 0 aliphatic heterocycles. The van der Waals surface area contributed by atoms with Gasteiger partial charge in [-0.1, -0.05) is 0 Å². The molecule has 0 saturated heterocycles. The number of imide groups is 1. The van der Waals surface area contributed by atoms with Crippen LogP contribution in [0.1, 0.15) is 10.5 Å². The molecule has 1 aromatic heterocycles. The van der Waals surface area contributed by atoms with Gasteiger partial charge in [0, 0.05) is 0 Å². The first-order valence-electron chi connectivity index (χ1n) is 3.01. The summed E-state index contributed by atoms with van der Waals surface area (Å²) in [5.74, 6) is -0.675. The highest BCUT2D eigenvalue weighted by Crippen LogP contribution is 2.02. The van der Waals surface area contributed by atoms with Crippen LogP contribution in [0.3, 0.4) is 0 Å². The standard InChI is InChI=1S/C5H7N5O2/c6-3-2(8-1-9-3)4(11)10-5(7)12/h1H,6H2,(H,8,9)(H3,7,10,11,12). The molecule has 12 heavy (non-hydrogen) atoms. The number of nitrogen functional groups attached to an aromatic ring is 1. The molecule has 7 heteroatoms. The predicted molar refractivity (Wildman–Crippen MR) is 40.0 cm³/mol. The van der Waals surface area contributed by atoms with E-state index in [0.717, 1.165) is 0 Å². The van der Waals surface area contributed by atoms with Crippen LogP contribution in [0.15, 0.2) is 6.33 Å². The van der Waals surface area contributed by atoms with Gasteiger partial charge in [0.1, 0.15) is 5.69 Å². The number of rotatable bonds is 1. The molecule has 0 aliphatic rings. The summed E-state index contributed by atoms with van der Waals surface area (Å²) in [4.78, 5) is 27.2. The van der Waals surface area contributed by atoms with Crippen molar-refractivity contribution in [2.45, 2.75) is 0 Å². The number of imidazole rings is 1. The number of H-pyrrole nitrogens is 1. The molecule has 1 heterocycles. The van der Waals surface area contributed by atoms with Gasteiger partial charge < -0.3 is 16.5 Å². The SMILES string of the molecule is NC(=O)NC(=O)c1[nH]cnc1N. The van der Waals surface area contributed by atoms with Crippen LogP contribution >= 0.6 is 0 Å². The smallest absolute Gasteiger partial charge is 0.319 e. The molecule has 0 radical (unpaired) electrons. The second kappa shape index (κ2) is 2.91. The van der Waals surface area contributed by atoms with Crippen molar-refractivity contribution in [1.29, 1.82) is 0 Å². The summed E-state index contributed by atoms with van der Waals surface area (Å²) in [6, 6.07) is -0.936. The fraction of sp³-hybridized carbons (Fsp3) is 0. The largest absolute Gasteiger partial charge is 0.382 e. The normalized spacial score (nSPS) is 9.33. The number of aromatic nitrogens is 2. The lowest BCUT2D eigenvalue weighted by Crippen LogP contribution is -2.35. The summed E-state index contributed by atoms with van der Waals surface area (Å²) in [6.45, 7) is 0. The minimum Gasteiger partial charge on any atom is -0.382 e. The highest BCUT2D eigenvalue weighted by Gasteiger charge is 2.12. The maximum absolute atomic E-state index is 11.0. The number of carbonyl (C=O) groups is 2. The number of nitrogens with zero attached hydrogens (tertiary/aromatic N) is 1. The fourth-order valence-electron chi connectivity index (χ4n) is 0.661. The van der Waals surface area contributed by atoms with Crippen molar-refractivity contribution in [1.82, 2.24) is 15.3 Å². The number of anilines is 1. The summed E-state index contributed by atoms with van der Waals surface area (Å²) >= 11 is 0.